The minimum atomic E-state index is -0.995. The van der Waals surface area contributed by atoms with Crippen LogP contribution in [-0.2, 0) is 0 Å². The van der Waals surface area contributed by atoms with Gasteiger partial charge in [-0.2, -0.15) is 0 Å². The van der Waals surface area contributed by atoms with E-state index in [-0.39, 0.29) is 17.0 Å². The number of carboxylic acid groups (broad SMARTS) is 1. The Balaban J connectivity index is 1.82. The van der Waals surface area contributed by atoms with E-state index in [9.17, 15) is 19.2 Å². The molecule has 2 heterocycles. The number of aromatic nitrogens is 2. The zero-order valence-corrected chi connectivity index (χ0v) is 13.3. The molecule has 8 nitrogen and oxygen atoms in total. The first-order valence-electron chi connectivity index (χ1n) is 7.90. The minimum Gasteiger partial charge on any atom is -0.478 e. The zero-order valence-electron chi connectivity index (χ0n) is 13.3. The lowest BCUT2D eigenvalue weighted by molar-refractivity contribution is 0.0687. The number of piperidine rings is 1. The van der Waals surface area contributed by atoms with Gasteiger partial charge in [-0.05, 0) is 30.5 Å². The maximum Gasteiger partial charge on any atom is 0.335 e. The maximum atomic E-state index is 12.6. The molecule has 1 aromatic heterocycles. The largest absolute Gasteiger partial charge is 0.478 e. The summed E-state index contributed by atoms with van der Waals surface area (Å²) in [6.07, 6.45) is 2.70. The van der Waals surface area contributed by atoms with Crippen molar-refractivity contribution in [2.45, 2.75) is 18.8 Å². The van der Waals surface area contributed by atoms with Gasteiger partial charge in [0.15, 0.2) is 0 Å². The highest BCUT2D eigenvalue weighted by atomic mass is 16.4. The highest BCUT2D eigenvalue weighted by Crippen LogP contribution is 2.28. The van der Waals surface area contributed by atoms with E-state index in [1.54, 1.807) is 17.0 Å². The fraction of sp³-hybridized carbons (Fsp3) is 0.294. The van der Waals surface area contributed by atoms with Crippen molar-refractivity contribution in [2.75, 3.05) is 13.1 Å². The fourth-order valence-electron chi connectivity index (χ4n) is 3.10. The van der Waals surface area contributed by atoms with Gasteiger partial charge in [-0.3, -0.25) is 14.6 Å². The average molecular weight is 343 g/mol. The van der Waals surface area contributed by atoms with Crippen molar-refractivity contribution in [1.82, 2.24) is 14.9 Å². The van der Waals surface area contributed by atoms with E-state index in [0.717, 1.165) is 24.6 Å². The van der Waals surface area contributed by atoms with Crippen LogP contribution in [0, 0.1) is 0 Å². The van der Waals surface area contributed by atoms with Gasteiger partial charge in [-0.25, -0.2) is 9.59 Å². The summed E-state index contributed by atoms with van der Waals surface area (Å²) < 4.78 is 0. The molecule has 0 saturated carbocycles. The molecule has 1 fully saturated rings. The molecule has 0 bridgehead atoms. The zero-order chi connectivity index (χ0) is 18.0. The first kappa shape index (κ1) is 16.7. The number of nitrogens with one attached hydrogen (secondary N) is 2. The van der Waals surface area contributed by atoms with Gasteiger partial charge in [0.25, 0.3) is 11.5 Å². The standard InChI is InChI=1S/C17H17N3O5/c21-14-13(8-18-17(25)19-14)15(22)20-6-2-5-12(9-20)10-3-1-4-11(7-10)16(23)24/h1,3-4,7-8,12H,2,5-6,9H2,(H,23,24)(H2,18,19,21,25). The van der Waals surface area contributed by atoms with E-state index < -0.39 is 23.1 Å². The van der Waals surface area contributed by atoms with Crippen molar-refractivity contribution in [2.24, 2.45) is 0 Å². The number of likely N-dealkylation sites (tertiary alicyclic amines) is 1. The monoisotopic (exact) mass is 343 g/mol. The molecule has 25 heavy (non-hydrogen) atoms. The predicted octanol–water partition coefficient (Wildman–Crippen LogP) is 0.781. The molecule has 1 atom stereocenters. The van der Waals surface area contributed by atoms with Crippen LogP contribution in [0.1, 0.15) is 45.0 Å². The molecule has 0 radical (unpaired) electrons. The Morgan fingerprint density at radius 1 is 1.24 bits per heavy atom. The van der Waals surface area contributed by atoms with Crippen LogP contribution < -0.4 is 11.2 Å². The molecule has 2 aromatic rings. The lowest BCUT2D eigenvalue weighted by Gasteiger charge is -2.33. The van der Waals surface area contributed by atoms with Crippen LogP contribution in [0.4, 0.5) is 0 Å². The topological polar surface area (TPSA) is 123 Å². The molecule has 130 valence electrons. The summed E-state index contributed by atoms with van der Waals surface area (Å²) in [6, 6.07) is 6.68. The summed E-state index contributed by atoms with van der Waals surface area (Å²) in [7, 11) is 0. The number of rotatable bonds is 3. The first-order chi connectivity index (χ1) is 12.0. The Hall–Kier alpha value is -3.16. The third-order valence-electron chi connectivity index (χ3n) is 4.36. The quantitative estimate of drug-likeness (QED) is 0.760. The number of carboxylic acids is 1. The Morgan fingerprint density at radius 3 is 2.76 bits per heavy atom. The van der Waals surface area contributed by atoms with Crippen LogP contribution >= 0.6 is 0 Å². The molecule has 8 heteroatoms. The van der Waals surface area contributed by atoms with Crippen LogP contribution in [0.15, 0.2) is 40.1 Å². The summed E-state index contributed by atoms with van der Waals surface area (Å²) in [5.41, 5.74) is -0.433. The second-order valence-electron chi connectivity index (χ2n) is 6.01. The predicted molar refractivity (Wildman–Crippen MR) is 89.0 cm³/mol. The van der Waals surface area contributed by atoms with E-state index in [4.69, 9.17) is 5.11 Å². The lowest BCUT2D eigenvalue weighted by atomic mass is 9.89. The smallest absolute Gasteiger partial charge is 0.335 e. The van der Waals surface area contributed by atoms with E-state index >= 15 is 0 Å². The Labute approximate surface area is 142 Å². The van der Waals surface area contributed by atoms with Crippen molar-refractivity contribution in [3.63, 3.8) is 0 Å². The van der Waals surface area contributed by atoms with Gasteiger partial charge in [0.1, 0.15) is 5.56 Å². The molecule has 1 amide bonds. The van der Waals surface area contributed by atoms with Crippen LogP contribution in [0.25, 0.3) is 0 Å². The number of hydrogen-bond acceptors (Lipinski definition) is 4. The fourth-order valence-corrected chi connectivity index (χ4v) is 3.10. The highest BCUT2D eigenvalue weighted by molar-refractivity contribution is 5.93. The number of carbonyl (C=O) groups excluding carboxylic acids is 1. The molecule has 1 aromatic carbocycles. The third kappa shape index (κ3) is 3.52. The molecule has 0 aliphatic carbocycles. The minimum absolute atomic E-state index is 0.00107. The normalized spacial score (nSPS) is 17.3. The van der Waals surface area contributed by atoms with Gasteiger partial charge >= 0.3 is 11.7 Å². The van der Waals surface area contributed by atoms with Gasteiger partial charge in [-0.1, -0.05) is 12.1 Å². The molecule has 3 N–H and O–H groups in total. The number of aromatic carboxylic acids is 1. The van der Waals surface area contributed by atoms with Gasteiger partial charge in [0.05, 0.1) is 5.56 Å². The second-order valence-corrected chi connectivity index (χ2v) is 6.01. The molecule has 1 aliphatic heterocycles. The summed E-state index contributed by atoms with van der Waals surface area (Å²) in [5, 5.41) is 9.12. The molecule has 1 unspecified atom stereocenters. The molecule has 3 rings (SSSR count). The second kappa shape index (κ2) is 6.76. The van der Waals surface area contributed by atoms with Gasteiger partial charge in [0, 0.05) is 25.2 Å². The number of hydrogen-bond donors (Lipinski definition) is 3. The average Bonchev–Trinajstić information content (AvgIpc) is 2.61. The van der Waals surface area contributed by atoms with E-state index in [0.29, 0.717) is 13.1 Å². The molecule has 1 saturated heterocycles. The maximum absolute atomic E-state index is 12.6. The van der Waals surface area contributed by atoms with Gasteiger partial charge in [0.2, 0.25) is 0 Å². The number of nitrogens with zero attached hydrogens (tertiary/aromatic N) is 1. The van der Waals surface area contributed by atoms with Crippen LogP contribution in [0.5, 0.6) is 0 Å². The number of H-pyrrole nitrogens is 2. The van der Waals surface area contributed by atoms with Crippen molar-refractivity contribution >= 4 is 11.9 Å². The Morgan fingerprint density at radius 2 is 2.04 bits per heavy atom. The van der Waals surface area contributed by atoms with Gasteiger partial charge < -0.3 is 15.0 Å². The molecule has 1 aliphatic rings. The van der Waals surface area contributed by atoms with Crippen LogP contribution in [0.3, 0.4) is 0 Å². The summed E-state index contributed by atoms with van der Waals surface area (Å²) in [5.74, 6) is -1.44. The van der Waals surface area contributed by atoms with E-state index in [1.807, 2.05) is 11.1 Å². The number of aromatic amines is 2. The number of amides is 1. The van der Waals surface area contributed by atoms with Crippen LogP contribution in [-0.4, -0.2) is 44.9 Å². The third-order valence-corrected chi connectivity index (χ3v) is 4.36. The Bertz CT molecular complexity index is 930. The molecular formula is C17H17N3O5. The number of benzene rings is 1. The molecule has 0 spiro atoms. The summed E-state index contributed by atoms with van der Waals surface area (Å²) in [6.45, 7) is 0.896. The van der Waals surface area contributed by atoms with Gasteiger partial charge in [-0.15, -0.1) is 0 Å². The SMILES string of the molecule is O=C(O)c1cccc(C2CCCN(C(=O)c3c[nH]c(=O)[nH]c3=O)C2)c1. The van der Waals surface area contributed by atoms with E-state index in [1.165, 1.54) is 6.07 Å². The summed E-state index contributed by atoms with van der Waals surface area (Å²) in [4.78, 5) is 52.5. The number of carbonyl (C=O) groups is 2. The Kier molecular flexibility index (Phi) is 4.51. The van der Waals surface area contributed by atoms with Crippen LogP contribution in [0.2, 0.25) is 0 Å². The summed E-state index contributed by atoms with van der Waals surface area (Å²) >= 11 is 0. The van der Waals surface area contributed by atoms with Crippen molar-refractivity contribution in [1.29, 1.82) is 0 Å². The van der Waals surface area contributed by atoms with Crippen molar-refractivity contribution < 1.29 is 14.7 Å². The van der Waals surface area contributed by atoms with Crippen molar-refractivity contribution in [3.8, 4) is 0 Å². The van der Waals surface area contributed by atoms with E-state index in [2.05, 4.69) is 4.98 Å². The lowest BCUT2D eigenvalue weighted by Crippen LogP contribution is -2.42. The highest BCUT2D eigenvalue weighted by Gasteiger charge is 2.27. The molecular weight excluding hydrogens is 326 g/mol. The van der Waals surface area contributed by atoms with Crippen molar-refractivity contribution in [3.05, 3.63) is 68.0 Å². The first-order valence-corrected chi connectivity index (χ1v) is 7.90.